The maximum absolute atomic E-state index is 13.6. The Morgan fingerprint density at radius 2 is 1.00 bits per heavy atom. The Kier molecular flexibility index (Phi) is 26.3. The number of hydrogen-bond acceptors (Lipinski definition) is 13. The molecule has 0 spiro atoms. The molecule has 10 amide bonds. The number of carbonyl (C=O) groups excluding carboxylic acids is 10. The normalized spacial score (nSPS) is 15.1. The van der Waals surface area contributed by atoms with Crippen LogP contribution in [0.3, 0.4) is 0 Å². The van der Waals surface area contributed by atoms with E-state index in [-0.39, 0.29) is 56.3 Å². The summed E-state index contributed by atoms with van der Waals surface area (Å²) in [4.78, 5) is 149. The largest absolute Gasteiger partial charge is 0.480 e. The second-order valence-electron chi connectivity index (χ2n) is 19.1. The molecule has 9 atom stereocenters. The molecule has 0 aromatic carbocycles. The number of nitrogens with one attached hydrogen (secondary N) is 10. The number of hydrogen-bond donors (Lipinski definition) is 13. The van der Waals surface area contributed by atoms with Gasteiger partial charge in [-0.2, -0.15) is 0 Å². The Balaban J connectivity index is 2.93. The molecular formula is C45H77N13O12. The van der Waals surface area contributed by atoms with E-state index in [1.807, 2.05) is 13.8 Å². The highest BCUT2D eigenvalue weighted by Gasteiger charge is 2.34. The number of carbonyl (C=O) groups is 11. The number of carboxylic acids is 1. The molecule has 0 saturated carbocycles. The van der Waals surface area contributed by atoms with Crippen LogP contribution < -0.4 is 59.3 Å². The van der Waals surface area contributed by atoms with Crippen LogP contribution >= 0.6 is 0 Å². The molecule has 0 fully saturated rings. The molecule has 0 aliphatic heterocycles. The molecule has 1 aromatic heterocycles. The molecule has 0 unspecified atom stereocenters. The van der Waals surface area contributed by atoms with E-state index in [9.17, 15) is 57.8 Å². The average Bonchev–Trinajstić information content (AvgIpc) is 3.77. The van der Waals surface area contributed by atoms with Gasteiger partial charge in [-0.3, -0.25) is 47.9 Å². The van der Waals surface area contributed by atoms with E-state index in [0.717, 1.165) is 0 Å². The lowest BCUT2D eigenvalue weighted by molar-refractivity contribution is -0.143. The summed E-state index contributed by atoms with van der Waals surface area (Å²) >= 11 is 0. The van der Waals surface area contributed by atoms with Gasteiger partial charge in [-0.1, -0.05) is 55.4 Å². The molecule has 0 aliphatic carbocycles. The van der Waals surface area contributed by atoms with Crippen molar-refractivity contribution in [3.05, 3.63) is 18.2 Å². The molecule has 15 N–H and O–H groups in total. The second-order valence-corrected chi connectivity index (χ2v) is 19.1. The van der Waals surface area contributed by atoms with Crippen LogP contribution in [-0.2, 0) is 59.2 Å². The molecule has 1 rings (SSSR count). The van der Waals surface area contributed by atoms with Crippen LogP contribution in [0.5, 0.6) is 0 Å². The van der Waals surface area contributed by atoms with Gasteiger partial charge in [0.25, 0.3) is 0 Å². The summed E-state index contributed by atoms with van der Waals surface area (Å²) in [5, 5.41) is 32.1. The Morgan fingerprint density at radius 3 is 1.49 bits per heavy atom. The minimum atomic E-state index is -1.42. The van der Waals surface area contributed by atoms with Gasteiger partial charge in [-0.25, -0.2) is 9.78 Å². The van der Waals surface area contributed by atoms with Crippen molar-refractivity contribution in [1.82, 2.24) is 57.8 Å². The van der Waals surface area contributed by atoms with Crippen molar-refractivity contribution in [2.24, 2.45) is 35.1 Å². The van der Waals surface area contributed by atoms with Crippen molar-refractivity contribution in [2.75, 3.05) is 6.54 Å². The van der Waals surface area contributed by atoms with Crippen LogP contribution in [0.4, 0.5) is 0 Å². The summed E-state index contributed by atoms with van der Waals surface area (Å²) in [6, 6.07) is -10.8. The van der Waals surface area contributed by atoms with Crippen LogP contribution in [-0.4, -0.2) is 141 Å². The topological polar surface area (TPSA) is 397 Å². The molecule has 0 saturated heterocycles. The highest BCUT2D eigenvalue weighted by atomic mass is 16.4. The fraction of sp³-hybridized carbons (Fsp3) is 0.689. The summed E-state index contributed by atoms with van der Waals surface area (Å²) in [5.41, 5.74) is 11.9. The van der Waals surface area contributed by atoms with Crippen molar-refractivity contribution in [1.29, 1.82) is 0 Å². The van der Waals surface area contributed by atoms with Gasteiger partial charge >= 0.3 is 5.97 Å². The third-order valence-electron chi connectivity index (χ3n) is 10.6. The number of primary amides is 1. The lowest BCUT2D eigenvalue weighted by Crippen LogP contribution is -2.60. The molecule has 25 heteroatoms. The summed E-state index contributed by atoms with van der Waals surface area (Å²) in [6.45, 7) is 17.5. The number of H-pyrrole nitrogens is 1. The fourth-order valence-corrected chi connectivity index (χ4v) is 6.73. The third kappa shape index (κ3) is 23.1. The molecular weight excluding hydrogens is 915 g/mol. The lowest BCUT2D eigenvalue weighted by Gasteiger charge is -2.27. The van der Waals surface area contributed by atoms with E-state index in [2.05, 4.69) is 57.8 Å². The van der Waals surface area contributed by atoms with E-state index in [1.54, 1.807) is 41.5 Å². The molecule has 394 valence electrons. The smallest absolute Gasteiger partial charge is 0.326 e. The first-order valence-electron chi connectivity index (χ1n) is 23.5. The number of imidazole rings is 1. The number of nitrogens with two attached hydrogens (primary N) is 2. The zero-order chi connectivity index (χ0) is 53.6. The summed E-state index contributed by atoms with van der Waals surface area (Å²) in [6.07, 6.45) is 2.88. The minimum absolute atomic E-state index is 0.0726. The van der Waals surface area contributed by atoms with Gasteiger partial charge in [-0.05, 0) is 70.1 Å². The lowest BCUT2D eigenvalue weighted by atomic mass is 10.00. The number of rotatable bonds is 31. The molecule has 25 nitrogen and oxygen atoms in total. The van der Waals surface area contributed by atoms with Crippen molar-refractivity contribution < 1.29 is 57.8 Å². The molecule has 70 heavy (non-hydrogen) atoms. The van der Waals surface area contributed by atoms with Gasteiger partial charge in [-0.15, -0.1) is 0 Å². The van der Waals surface area contributed by atoms with Crippen LogP contribution in [0.1, 0.15) is 114 Å². The predicted octanol–water partition coefficient (Wildman–Crippen LogP) is -2.52. The first-order valence-corrected chi connectivity index (χ1v) is 23.5. The quantitative estimate of drug-likeness (QED) is 0.0365. The van der Waals surface area contributed by atoms with E-state index < -0.39 is 132 Å². The zero-order valence-electron chi connectivity index (χ0n) is 42.1. The van der Waals surface area contributed by atoms with Gasteiger partial charge < -0.3 is 69.4 Å². The highest BCUT2D eigenvalue weighted by molar-refractivity contribution is 5.98. The fourth-order valence-electron chi connectivity index (χ4n) is 6.73. The first-order chi connectivity index (χ1) is 32.5. The van der Waals surface area contributed by atoms with Gasteiger partial charge in [0.1, 0.15) is 48.3 Å². The van der Waals surface area contributed by atoms with Gasteiger partial charge in [0.05, 0.1) is 18.9 Å². The van der Waals surface area contributed by atoms with Crippen LogP contribution in [0.15, 0.2) is 12.5 Å². The number of nitrogens with zero attached hydrogens (tertiary/aromatic N) is 1. The first kappa shape index (κ1) is 61.4. The monoisotopic (exact) mass is 992 g/mol. The van der Waals surface area contributed by atoms with Crippen LogP contribution in [0.25, 0.3) is 0 Å². The Hall–Kier alpha value is -6.66. The van der Waals surface area contributed by atoms with E-state index in [1.165, 1.54) is 33.3 Å². The van der Waals surface area contributed by atoms with Crippen molar-refractivity contribution in [3.8, 4) is 0 Å². The Morgan fingerprint density at radius 1 is 0.557 bits per heavy atom. The zero-order valence-corrected chi connectivity index (χ0v) is 42.1. The number of aromatic nitrogens is 2. The second kappa shape index (κ2) is 30.1. The van der Waals surface area contributed by atoms with Crippen molar-refractivity contribution >= 4 is 65.0 Å². The molecule has 0 bridgehead atoms. The van der Waals surface area contributed by atoms with Gasteiger partial charge in [0.15, 0.2) is 0 Å². The van der Waals surface area contributed by atoms with Gasteiger partial charge in [0, 0.05) is 24.7 Å². The standard InChI is InChI=1S/C45H77N13O12/c1-21(2)14-31(55-38(62)26(10)52-40(64)29(46)17-28-18-48-20-50-28)41(65)49-19-35(60)51-25(9)39(63)58-36(24(7)8)44(68)53-27(11)37(61)54-30(12-13-34(47)59)42(66)56-32(15-22(3)4)43(67)57-33(45(69)70)16-23(5)6/h18,20-27,29-33,36H,12-17,19,46H2,1-11H3,(H2,47,59)(H,48,50)(H,49,65)(H,51,60)(H,52,64)(H,53,68)(H,54,61)(H,55,62)(H,56,66)(H,57,67)(H,58,63)(H,69,70)/t25-,26-,27-,29-,30-,31-,32-,33-,36-/m0/s1. The molecule has 1 heterocycles. The Labute approximate surface area is 408 Å². The van der Waals surface area contributed by atoms with Gasteiger partial charge in [0.2, 0.25) is 59.1 Å². The van der Waals surface area contributed by atoms with E-state index >= 15 is 0 Å². The number of aromatic amines is 1. The molecule has 0 radical (unpaired) electrons. The molecule has 1 aromatic rings. The number of carboxylic acid groups (broad SMARTS) is 1. The maximum Gasteiger partial charge on any atom is 0.326 e. The predicted molar refractivity (Wildman–Crippen MR) is 255 cm³/mol. The van der Waals surface area contributed by atoms with Crippen molar-refractivity contribution in [3.63, 3.8) is 0 Å². The number of aliphatic carboxylic acids is 1. The van der Waals surface area contributed by atoms with Crippen LogP contribution in [0, 0.1) is 23.7 Å². The summed E-state index contributed by atoms with van der Waals surface area (Å²) in [5.74, 6) is -9.74. The maximum atomic E-state index is 13.6. The van der Waals surface area contributed by atoms with E-state index in [0.29, 0.717) is 5.69 Å². The third-order valence-corrected chi connectivity index (χ3v) is 10.6. The SMILES string of the molecule is CC(C)C[C@H](NC(=O)[C@H](CC(C)C)NC(=O)[C@H](CCC(N)=O)NC(=O)[C@H](C)NC(=O)[C@@H](NC(=O)[C@H](C)NC(=O)CNC(=O)[C@H](CC(C)C)NC(=O)[C@H](C)NC(=O)[C@@H](N)Cc1cnc[nH]1)C(C)C)C(=O)O. The Bertz CT molecular complexity index is 1960. The van der Waals surface area contributed by atoms with E-state index in [4.69, 9.17) is 11.5 Å². The highest BCUT2D eigenvalue weighted by Crippen LogP contribution is 2.11. The minimum Gasteiger partial charge on any atom is -0.480 e. The molecule has 0 aliphatic rings. The van der Waals surface area contributed by atoms with Crippen LogP contribution in [0.2, 0.25) is 0 Å². The number of amides is 10. The van der Waals surface area contributed by atoms with Crippen molar-refractivity contribution in [2.45, 2.75) is 169 Å². The summed E-state index contributed by atoms with van der Waals surface area (Å²) < 4.78 is 0. The average molecular weight is 992 g/mol. The summed E-state index contributed by atoms with van der Waals surface area (Å²) in [7, 11) is 0.